The fraction of sp³-hybridized carbons (Fsp3) is 0.476. The van der Waals surface area contributed by atoms with Crippen molar-refractivity contribution < 1.29 is 0 Å². The first-order valence-corrected chi connectivity index (χ1v) is 11.5. The van der Waals surface area contributed by atoms with E-state index < -0.39 is 0 Å². The number of nitrogen functional groups attached to an aromatic ring is 2. The Morgan fingerprint density at radius 2 is 1.90 bits per heavy atom. The van der Waals surface area contributed by atoms with Crippen LogP contribution in [-0.4, -0.2) is 31.6 Å². The summed E-state index contributed by atoms with van der Waals surface area (Å²) in [4.78, 5) is 16.3. The molecule has 4 rings (SSSR count). The molecule has 2 aromatic heterocycles. The fourth-order valence-electron chi connectivity index (χ4n) is 4.10. The molecule has 1 saturated carbocycles. The second kappa shape index (κ2) is 8.54. The first-order valence-electron chi connectivity index (χ1n) is 10.4. The summed E-state index contributed by atoms with van der Waals surface area (Å²) in [5.74, 6) is 1.03. The minimum absolute atomic E-state index is 0.227. The summed E-state index contributed by atoms with van der Waals surface area (Å²) in [6.07, 6.45) is 5.76. The van der Waals surface area contributed by atoms with Crippen molar-refractivity contribution in [1.29, 1.82) is 0 Å². The van der Waals surface area contributed by atoms with Crippen molar-refractivity contribution in [3.63, 3.8) is 0 Å². The van der Waals surface area contributed by atoms with Crippen LogP contribution in [0.4, 0.5) is 17.5 Å². The maximum absolute atomic E-state index is 6.31. The number of nitrogens with two attached hydrogens (primary N) is 3. The Labute approximate surface area is 190 Å². The van der Waals surface area contributed by atoms with E-state index in [4.69, 9.17) is 22.2 Å². The molecule has 0 unspecified atom stereocenters. The third kappa shape index (κ3) is 4.18. The van der Waals surface area contributed by atoms with Gasteiger partial charge in [-0.15, -0.1) is 0 Å². The molecule has 3 aromatic rings. The van der Waals surface area contributed by atoms with E-state index in [0.29, 0.717) is 23.8 Å². The molecule has 0 aliphatic heterocycles. The number of imidazole rings is 1. The van der Waals surface area contributed by atoms with Crippen molar-refractivity contribution >= 4 is 51.2 Å². The minimum Gasteiger partial charge on any atom is -0.398 e. The van der Waals surface area contributed by atoms with Gasteiger partial charge in [0, 0.05) is 33.9 Å². The van der Waals surface area contributed by atoms with E-state index in [1.165, 1.54) is 0 Å². The van der Waals surface area contributed by atoms with Crippen LogP contribution in [0.2, 0.25) is 0 Å². The number of hydrogen-bond acceptors (Lipinski definition) is 7. The van der Waals surface area contributed by atoms with Gasteiger partial charge >= 0.3 is 0 Å². The van der Waals surface area contributed by atoms with Crippen LogP contribution >= 0.6 is 22.6 Å². The van der Waals surface area contributed by atoms with Gasteiger partial charge in [0.15, 0.2) is 11.5 Å². The highest BCUT2D eigenvalue weighted by Crippen LogP contribution is 2.31. The molecule has 0 amide bonds. The fourth-order valence-corrected chi connectivity index (χ4v) is 4.66. The standard InChI is InChI=1S/C21H29IN8/c1-12(2)30-11-26-18-19(25)27-21(28-20(18)30)29(16-6-4-15(23)5-7-16)10-13-9-14(22)3-8-17(13)24/h3,8-9,11-12,15-16H,4-7,10,23-24H2,1-2H3,(H2,25,27,28). The third-order valence-electron chi connectivity index (χ3n) is 5.88. The lowest BCUT2D eigenvalue weighted by Gasteiger charge is -2.36. The van der Waals surface area contributed by atoms with Gasteiger partial charge in [0.05, 0.1) is 6.33 Å². The highest BCUT2D eigenvalue weighted by atomic mass is 127. The summed E-state index contributed by atoms with van der Waals surface area (Å²) in [6, 6.07) is 6.88. The smallest absolute Gasteiger partial charge is 0.230 e. The van der Waals surface area contributed by atoms with E-state index in [9.17, 15) is 0 Å². The van der Waals surface area contributed by atoms with E-state index in [-0.39, 0.29) is 18.1 Å². The van der Waals surface area contributed by atoms with E-state index in [1.807, 2.05) is 16.7 Å². The van der Waals surface area contributed by atoms with Crippen LogP contribution in [0.1, 0.15) is 51.1 Å². The van der Waals surface area contributed by atoms with Crippen LogP contribution in [0.15, 0.2) is 24.5 Å². The maximum atomic E-state index is 6.31. The average molecular weight is 520 g/mol. The van der Waals surface area contributed by atoms with Gasteiger partial charge < -0.3 is 26.7 Å². The second-order valence-electron chi connectivity index (χ2n) is 8.37. The molecule has 6 N–H and O–H groups in total. The quantitative estimate of drug-likeness (QED) is 0.348. The molecular formula is C21H29IN8. The number of fused-ring (bicyclic) bond motifs is 1. The van der Waals surface area contributed by atoms with Crippen molar-refractivity contribution in [2.24, 2.45) is 5.73 Å². The summed E-state index contributed by atoms with van der Waals surface area (Å²) < 4.78 is 3.18. The third-order valence-corrected chi connectivity index (χ3v) is 6.55. The molecule has 9 heteroatoms. The number of benzene rings is 1. The van der Waals surface area contributed by atoms with Crippen molar-refractivity contribution in [2.45, 2.75) is 64.2 Å². The molecule has 1 fully saturated rings. The highest BCUT2D eigenvalue weighted by molar-refractivity contribution is 14.1. The van der Waals surface area contributed by atoms with Gasteiger partial charge in [0.1, 0.15) is 5.52 Å². The topological polar surface area (TPSA) is 125 Å². The van der Waals surface area contributed by atoms with Crippen LogP contribution in [0.25, 0.3) is 11.2 Å². The Balaban J connectivity index is 1.78. The molecule has 8 nitrogen and oxygen atoms in total. The molecule has 30 heavy (non-hydrogen) atoms. The van der Waals surface area contributed by atoms with Gasteiger partial charge in [0.2, 0.25) is 5.95 Å². The van der Waals surface area contributed by atoms with Crippen LogP contribution in [0.3, 0.4) is 0 Å². The van der Waals surface area contributed by atoms with Gasteiger partial charge in [-0.05, 0) is 85.9 Å². The van der Waals surface area contributed by atoms with Crippen molar-refractivity contribution in [1.82, 2.24) is 19.5 Å². The van der Waals surface area contributed by atoms with Gasteiger partial charge in [0.25, 0.3) is 0 Å². The van der Waals surface area contributed by atoms with Gasteiger partial charge in [-0.25, -0.2) is 4.98 Å². The predicted octanol–water partition coefficient (Wildman–Crippen LogP) is 3.45. The molecule has 0 bridgehead atoms. The monoisotopic (exact) mass is 520 g/mol. The predicted molar refractivity (Wildman–Crippen MR) is 130 cm³/mol. The Bertz CT molecular complexity index is 1040. The number of halogens is 1. The molecule has 1 aromatic carbocycles. The number of anilines is 3. The zero-order valence-electron chi connectivity index (χ0n) is 17.4. The number of aromatic nitrogens is 4. The van der Waals surface area contributed by atoms with Crippen LogP contribution in [-0.2, 0) is 6.54 Å². The molecule has 1 aliphatic rings. The molecular weight excluding hydrogens is 491 g/mol. The van der Waals surface area contributed by atoms with Crippen molar-refractivity contribution in [3.8, 4) is 0 Å². The summed E-state index contributed by atoms with van der Waals surface area (Å²) in [6.45, 7) is 4.83. The zero-order chi connectivity index (χ0) is 21.4. The molecule has 0 atom stereocenters. The van der Waals surface area contributed by atoms with Gasteiger partial charge in [-0.1, -0.05) is 0 Å². The summed E-state index contributed by atoms with van der Waals surface area (Å²) in [5.41, 5.74) is 22.0. The minimum atomic E-state index is 0.227. The summed E-state index contributed by atoms with van der Waals surface area (Å²) in [7, 11) is 0. The first-order chi connectivity index (χ1) is 14.3. The summed E-state index contributed by atoms with van der Waals surface area (Å²) in [5, 5.41) is 0. The van der Waals surface area contributed by atoms with E-state index in [1.54, 1.807) is 6.33 Å². The maximum Gasteiger partial charge on any atom is 0.230 e. The highest BCUT2D eigenvalue weighted by Gasteiger charge is 2.28. The molecule has 2 heterocycles. The molecule has 0 radical (unpaired) electrons. The molecule has 1 aliphatic carbocycles. The molecule has 0 saturated heterocycles. The second-order valence-corrected chi connectivity index (χ2v) is 9.61. The number of hydrogen-bond donors (Lipinski definition) is 3. The van der Waals surface area contributed by atoms with Crippen molar-refractivity contribution in [2.75, 3.05) is 16.4 Å². The number of rotatable bonds is 5. The lowest BCUT2D eigenvalue weighted by molar-refractivity contribution is 0.371. The van der Waals surface area contributed by atoms with E-state index in [2.05, 4.69) is 57.4 Å². The summed E-state index contributed by atoms with van der Waals surface area (Å²) >= 11 is 2.31. The normalized spacial score (nSPS) is 19.5. The van der Waals surface area contributed by atoms with Gasteiger partial charge in [-0.2, -0.15) is 9.97 Å². The van der Waals surface area contributed by atoms with Gasteiger partial charge in [-0.3, -0.25) is 0 Å². The Morgan fingerprint density at radius 1 is 1.17 bits per heavy atom. The lowest BCUT2D eigenvalue weighted by atomic mass is 9.90. The Hall–Kier alpha value is -2.14. The lowest BCUT2D eigenvalue weighted by Crippen LogP contribution is -2.41. The molecule has 160 valence electrons. The first kappa shape index (κ1) is 21.1. The van der Waals surface area contributed by atoms with Crippen molar-refractivity contribution in [3.05, 3.63) is 33.7 Å². The number of nitrogens with zero attached hydrogens (tertiary/aromatic N) is 5. The van der Waals surface area contributed by atoms with E-state index in [0.717, 1.165) is 46.2 Å². The Kier molecular flexibility index (Phi) is 6.01. The zero-order valence-corrected chi connectivity index (χ0v) is 19.6. The van der Waals surface area contributed by atoms with Crippen LogP contribution in [0.5, 0.6) is 0 Å². The molecule has 0 spiro atoms. The van der Waals surface area contributed by atoms with Crippen LogP contribution in [0, 0.1) is 3.57 Å². The van der Waals surface area contributed by atoms with E-state index >= 15 is 0 Å². The SMILES string of the molecule is CC(C)n1cnc2c(N)nc(N(Cc3cc(I)ccc3N)C3CCC(N)CC3)nc21. The largest absolute Gasteiger partial charge is 0.398 e. The van der Waals surface area contributed by atoms with Crippen LogP contribution < -0.4 is 22.1 Å². The Morgan fingerprint density at radius 3 is 2.60 bits per heavy atom. The average Bonchev–Trinajstić information content (AvgIpc) is 3.14.